The molecule has 14 heavy (non-hydrogen) atoms. The molecule has 72 valence electrons. The van der Waals surface area contributed by atoms with Crippen molar-refractivity contribution in [3.05, 3.63) is 34.1 Å². The molecule has 4 heteroatoms. The van der Waals surface area contributed by atoms with Crippen LogP contribution in [-0.2, 0) is 0 Å². The molecule has 1 aromatic rings. The van der Waals surface area contributed by atoms with E-state index in [2.05, 4.69) is 22.2 Å². The normalized spacial score (nSPS) is 5.71. The van der Waals surface area contributed by atoms with Crippen LogP contribution in [-0.4, -0.2) is 6.29 Å². The molecular formula is C10H8O4. The molecule has 0 amide bonds. The first-order valence-corrected chi connectivity index (χ1v) is 3.37. The van der Waals surface area contributed by atoms with E-state index < -0.39 is 0 Å². The SMILES string of the molecule is C#CC#CC.O=Cc1ccco1.O=O. The summed E-state index contributed by atoms with van der Waals surface area (Å²) in [5, 5.41) is 0. The van der Waals surface area contributed by atoms with E-state index in [9.17, 15) is 4.79 Å². The minimum absolute atomic E-state index is 0.375. The highest BCUT2D eigenvalue weighted by atomic mass is 16.7. The summed E-state index contributed by atoms with van der Waals surface area (Å²) in [6.45, 7) is 1.71. The Kier molecular flexibility index (Phi) is 13.5. The highest BCUT2D eigenvalue weighted by molar-refractivity contribution is 5.69. The fourth-order valence-corrected chi connectivity index (χ4v) is 0.430. The van der Waals surface area contributed by atoms with Gasteiger partial charge >= 0.3 is 0 Å². The molecule has 0 saturated carbocycles. The summed E-state index contributed by atoms with van der Waals surface area (Å²) in [5.74, 6) is 7.45. The van der Waals surface area contributed by atoms with Gasteiger partial charge in [0, 0.05) is 9.93 Å². The quantitative estimate of drug-likeness (QED) is 0.502. The van der Waals surface area contributed by atoms with E-state index in [1.165, 1.54) is 6.26 Å². The topological polar surface area (TPSA) is 64.3 Å². The van der Waals surface area contributed by atoms with Gasteiger partial charge < -0.3 is 4.42 Å². The van der Waals surface area contributed by atoms with Crippen LogP contribution in [0.15, 0.2) is 22.8 Å². The Morgan fingerprint density at radius 2 is 2.14 bits per heavy atom. The van der Waals surface area contributed by atoms with Gasteiger partial charge in [0.2, 0.25) is 0 Å². The highest BCUT2D eigenvalue weighted by Gasteiger charge is 1.84. The van der Waals surface area contributed by atoms with Gasteiger partial charge in [0.1, 0.15) is 0 Å². The lowest BCUT2D eigenvalue weighted by Gasteiger charge is -1.68. The molecule has 0 aliphatic carbocycles. The number of carbonyl (C=O) groups is 1. The molecule has 0 N–H and O–H groups in total. The molecule has 0 aromatic carbocycles. The van der Waals surface area contributed by atoms with E-state index in [-0.39, 0.29) is 0 Å². The molecule has 0 bridgehead atoms. The number of hydrogen-bond acceptors (Lipinski definition) is 4. The average Bonchev–Trinajstić information content (AvgIpc) is 2.75. The summed E-state index contributed by atoms with van der Waals surface area (Å²) in [4.78, 5) is 23.8. The van der Waals surface area contributed by atoms with E-state index in [0.29, 0.717) is 12.0 Å². The molecule has 0 aliphatic heterocycles. The fourth-order valence-electron chi connectivity index (χ4n) is 0.430. The second-order valence-corrected chi connectivity index (χ2v) is 1.65. The van der Waals surface area contributed by atoms with Crippen molar-refractivity contribution in [2.75, 3.05) is 0 Å². The maximum absolute atomic E-state index is 9.77. The number of carbonyl (C=O) groups excluding carboxylic acids is 1. The molecular weight excluding hydrogens is 184 g/mol. The Hall–Kier alpha value is -2.33. The summed E-state index contributed by atoms with van der Waals surface area (Å²) in [6.07, 6.45) is 6.84. The van der Waals surface area contributed by atoms with E-state index in [4.69, 9.17) is 16.4 Å². The minimum atomic E-state index is 0.375. The molecule has 0 fully saturated rings. The van der Waals surface area contributed by atoms with Crippen LogP contribution in [0, 0.1) is 34.1 Å². The van der Waals surface area contributed by atoms with Crippen LogP contribution in [0.4, 0.5) is 0 Å². The third-order valence-corrected chi connectivity index (χ3v) is 0.857. The second-order valence-electron chi connectivity index (χ2n) is 1.65. The van der Waals surface area contributed by atoms with Gasteiger partial charge in [-0.05, 0) is 30.9 Å². The Bertz CT molecular complexity index is 321. The maximum atomic E-state index is 9.77. The van der Waals surface area contributed by atoms with Crippen molar-refractivity contribution >= 4 is 6.29 Å². The van der Waals surface area contributed by atoms with Gasteiger partial charge in [-0.15, -0.1) is 6.42 Å². The number of hydrogen-bond donors (Lipinski definition) is 0. The zero-order valence-electron chi connectivity index (χ0n) is 7.52. The van der Waals surface area contributed by atoms with E-state index in [1.54, 1.807) is 19.1 Å². The smallest absolute Gasteiger partial charge is 0.185 e. The molecule has 1 heterocycles. The van der Waals surface area contributed by atoms with Gasteiger partial charge in [0.15, 0.2) is 12.0 Å². The van der Waals surface area contributed by atoms with Crippen LogP contribution in [0.1, 0.15) is 17.5 Å². The number of aldehydes is 1. The predicted molar refractivity (Wildman–Crippen MR) is 53.1 cm³/mol. The summed E-state index contributed by atoms with van der Waals surface area (Å²) in [6, 6.07) is 3.27. The summed E-state index contributed by atoms with van der Waals surface area (Å²) in [5.41, 5.74) is 0. The predicted octanol–water partition coefficient (Wildman–Crippen LogP) is 1.80. The minimum Gasteiger partial charge on any atom is -0.462 e. The van der Waals surface area contributed by atoms with Crippen molar-refractivity contribution in [1.29, 1.82) is 0 Å². The van der Waals surface area contributed by atoms with Gasteiger partial charge in [0.25, 0.3) is 0 Å². The van der Waals surface area contributed by atoms with Crippen molar-refractivity contribution in [1.82, 2.24) is 0 Å². The van der Waals surface area contributed by atoms with Crippen molar-refractivity contribution in [3.8, 4) is 24.2 Å². The summed E-state index contributed by atoms with van der Waals surface area (Å²) >= 11 is 0. The third-order valence-electron chi connectivity index (χ3n) is 0.857. The summed E-state index contributed by atoms with van der Waals surface area (Å²) < 4.78 is 4.61. The van der Waals surface area contributed by atoms with Crippen LogP contribution >= 0.6 is 0 Å². The third kappa shape index (κ3) is 9.67. The molecule has 0 saturated heterocycles. The van der Waals surface area contributed by atoms with Crippen LogP contribution in [0.2, 0.25) is 0 Å². The molecule has 0 unspecified atom stereocenters. The molecule has 0 atom stereocenters. The van der Waals surface area contributed by atoms with Crippen molar-refractivity contribution in [3.63, 3.8) is 0 Å². The molecule has 0 radical (unpaired) electrons. The summed E-state index contributed by atoms with van der Waals surface area (Å²) in [7, 11) is 0. The first-order valence-electron chi connectivity index (χ1n) is 3.37. The molecule has 1 aromatic heterocycles. The van der Waals surface area contributed by atoms with E-state index >= 15 is 0 Å². The van der Waals surface area contributed by atoms with Crippen LogP contribution in [0.3, 0.4) is 0 Å². The lowest BCUT2D eigenvalue weighted by atomic mass is 10.5. The highest BCUT2D eigenvalue weighted by Crippen LogP contribution is 1.92. The Labute approximate surface area is 81.5 Å². The second kappa shape index (κ2) is 13.3. The van der Waals surface area contributed by atoms with Crippen LogP contribution in [0.5, 0.6) is 0 Å². The zero-order valence-corrected chi connectivity index (χ0v) is 7.52. The molecule has 0 spiro atoms. The van der Waals surface area contributed by atoms with Crippen LogP contribution in [0.25, 0.3) is 0 Å². The van der Waals surface area contributed by atoms with Crippen molar-refractivity contribution in [2.45, 2.75) is 6.92 Å². The van der Waals surface area contributed by atoms with Gasteiger partial charge in [0.05, 0.1) is 6.26 Å². The number of rotatable bonds is 1. The van der Waals surface area contributed by atoms with Crippen LogP contribution < -0.4 is 0 Å². The van der Waals surface area contributed by atoms with Gasteiger partial charge in [-0.3, -0.25) is 4.79 Å². The van der Waals surface area contributed by atoms with Gasteiger partial charge in [-0.2, -0.15) is 0 Å². The average molecular weight is 192 g/mol. The Morgan fingerprint density at radius 1 is 1.50 bits per heavy atom. The standard InChI is InChI=1S/C5H4O2.C5H4.O2/c6-4-5-2-1-3-7-5;1-3-5-4-2;1-2/h1-4H;1H,2H3;. The zero-order chi connectivity index (χ0) is 11.2. The van der Waals surface area contributed by atoms with Crippen molar-refractivity contribution < 1.29 is 9.21 Å². The van der Waals surface area contributed by atoms with E-state index in [0.717, 1.165) is 0 Å². The van der Waals surface area contributed by atoms with Gasteiger partial charge in [-0.1, -0.05) is 5.92 Å². The lowest BCUT2D eigenvalue weighted by molar-refractivity contribution is 0.110. The lowest BCUT2D eigenvalue weighted by Crippen LogP contribution is -1.65. The van der Waals surface area contributed by atoms with E-state index in [1.807, 2.05) is 0 Å². The van der Waals surface area contributed by atoms with Gasteiger partial charge in [-0.25, -0.2) is 0 Å². The fraction of sp³-hybridized carbons (Fsp3) is 0.100. The Morgan fingerprint density at radius 3 is 2.29 bits per heavy atom. The first kappa shape index (κ1) is 14.2. The molecule has 1 rings (SSSR count). The molecule has 0 aliphatic rings. The number of terminal acetylenes is 1. The Balaban J connectivity index is 0. The number of furan rings is 1. The molecule has 4 nitrogen and oxygen atoms in total. The maximum Gasteiger partial charge on any atom is 0.185 e. The monoisotopic (exact) mass is 192 g/mol. The van der Waals surface area contributed by atoms with Crippen molar-refractivity contribution in [2.24, 2.45) is 0 Å². The largest absolute Gasteiger partial charge is 0.462 e. The first-order chi connectivity index (χ1) is 6.85.